The SMILES string of the molecule is CC(C)Cn1c(SCC2CCCO2)nnc1-c1ccccc1F. The zero-order valence-electron chi connectivity index (χ0n) is 13.5. The quantitative estimate of drug-likeness (QED) is 0.748. The third-order valence-electron chi connectivity index (χ3n) is 3.80. The Morgan fingerprint density at radius 3 is 2.87 bits per heavy atom. The minimum atomic E-state index is -0.263. The van der Waals surface area contributed by atoms with Crippen molar-refractivity contribution in [1.82, 2.24) is 14.8 Å². The Hall–Kier alpha value is -1.40. The van der Waals surface area contributed by atoms with Crippen LogP contribution < -0.4 is 0 Å². The Morgan fingerprint density at radius 1 is 1.35 bits per heavy atom. The molecule has 0 aliphatic carbocycles. The molecule has 3 rings (SSSR count). The highest BCUT2D eigenvalue weighted by Crippen LogP contribution is 2.28. The second-order valence-electron chi connectivity index (χ2n) is 6.24. The van der Waals surface area contributed by atoms with Crippen molar-refractivity contribution in [3.8, 4) is 11.4 Å². The molecule has 6 heteroatoms. The molecule has 1 aromatic carbocycles. The van der Waals surface area contributed by atoms with Crippen LogP contribution in [0.4, 0.5) is 4.39 Å². The van der Waals surface area contributed by atoms with Gasteiger partial charge in [-0.3, -0.25) is 0 Å². The Morgan fingerprint density at radius 2 is 2.17 bits per heavy atom. The van der Waals surface area contributed by atoms with Gasteiger partial charge in [0.05, 0.1) is 11.7 Å². The van der Waals surface area contributed by atoms with Crippen LogP contribution in [-0.4, -0.2) is 33.2 Å². The summed E-state index contributed by atoms with van der Waals surface area (Å²) in [5.74, 6) is 1.64. The fraction of sp³-hybridized carbons (Fsp3) is 0.529. The summed E-state index contributed by atoms with van der Waals surface area (Å²) < 4.78 is 21.8. The van der Waals surface area contributed by atoms with E-state index in [2.05, 4.69) is 24.0 Å². The van der Waals surface area contributed by atoms with Gasteiger partial charge >= 0.3 is 0 Å². The molecule has 0 bridgehead atoms. The molecule has 0 amide bonds. The number of hydrogen-bond acceptors (Lipinski definition) is 4. The topological polar surface area (TPSA) is 39.9 Å². The lowest BCUT2D eigenvalue weighted by Crippen LogP contribution is -2.11. The lowest BCUT2D eigenvalue weighted by Gasteiger charge is -2.14. The summed E-state index contributed by atoms with van der Waals surface area (Å²) in [4.78, 5) is 0. The highest BCUT2D eigenvalue weighted by atomic mass is 32.2. The van der Waals surface area contributed by atoms with Crippen molar-refractivity contribution in [2.75, 3.05) is 12.4 Å². The van der Waals surface area contributed by atoms with Crippen molar-refractivity contribution in [2.45, 2.75) is 44.5 Å². The highest BCUT2D eigenvalue weighted by molar-refractivity contribution is 7.99. The maximum absolute atomic E-state index is 14.1. The molecule has 23 heavy (non-hydrogen) atoms. The minimum absolute atomic E-state index is 0.263. The Kier molecular flexibility index (Phi) is 5.33. The zero-order chi connectivity index (χ0) is 16.2. The Bertz CT molecular complexity index is 653. The number of thioether (sulfide) groups is 1. The number of rotatable bonds is 6. The Labute approximate surface area is 140 Å². The number of hydrogen-bond donors (Lipinski definition) is 0. The van der Waals surface area contributed by atoms with Gasteiger partial charge in [-0.1, -0.05) is 37.7 Å². The van der Waals surface area contributed by atoms with E-state index in [9.17, 15) is 4.39 Å². The lowest BCUT2D eigenvalue weighted by molar-refractivity contribution is 0.129. The molecule has 1 saturated heterocycles. The van der Waals surface area contributed by atoms with E-state index >= 15 is 0 Å². The van der Waals surface area contributed by atoms with E-state index in [1.165, 1.54) is 6.07 Å². The van der Waals surface area contributed by atoms with Crippen molar-refractivity contribution < 1.29 is 9.13 Å². The van der Waals surface area contributed by atoms with E-state index < -0.39 is 0 Å². The second-order valence-corrected chi connectivity index (χ2v) is 7.22. The smallest absolute Gasteiger partial charge is 0.191 e. The number of ether oxygens (including phenoxy) is 1. The molecule has 0 N–H and O–H groups in total. The molecule has 0 spiro atoms. The van der Waals surface area contributed by atoms with Gasteiger partial charge in [0.25, 0.3) is 0 Å². The van der Waals surface area contributed by atoms with Crippen LogP contribution in [0, 0.1) is 11.7 Å². The summed E-state index contributed by atoms with van der Waals surface area (Å²) in [6, 6.07) is 6.73. The molecule has 2 aromatic rings. The molecule has 0 radical (unpaired) electrons. The molecule has 1 aromatic heterocycles. The molecular formula is C17H22FN3OS. The van der Waals surface area contributed by atoms with Crippen molar-refractivity contribution in [3.63, 3.8) is 0 Å². The first-order chi connectivity index (χ1) is 11.1. The van der Waals surface area contributed by atoms with E-state index in [4.69, 9.17) is 4.74 Å². The number of benzene rings is 1. The average molecular weight is 335 g/mol. The van der Waals surface area contributed by atoms with Crippen LogP contribution in [0.5, 0.6) is 0 Å². The van der Waals surface area contributed by atoms with Gasteiger partial charge in [-0.2, -0.15) is 0 Å². The molecule has 1 atom stereocenters. The number of nitrogens with zero attached hydrogens (tertiary/aromatic N) is 3. The van der Waals surface area contributed by atoms with E-state index in [1.807, 2.05) is 10.6 Å². The molecule has 2 heterocycles. The zero-order valence-corrected chi connectivity index (χ0v) is 14.4. The van der Waals surface area contributed by atoms with Gasteiger partial charge in [0.2, 0.25) is 0 Å². The second kappa shape index (κ2) is 7.45. The van der Waals surface area contributed by atoms with Crippen LogP contribution in [0.3, 0.4) is 0 Å². The number of halogens is 1. The summed E-state index contributed by atoms with van der Waals surface area (Å²) in [6.07, 6.45) is 2.52. The molecule has 1 fully saturated rings. The number of aromatic nitrogens is 3. The van der Waals surface area contributed by atoms with Crippen LogP contribution in [0.2, 0.25) is 0 Å². The maximum atomic E-state index is 14.1. The van der Waals surface area contributed by atoms with Crippen LogP contribution in [0.1, 0.15) is 26.7 Å². The molecule has 0 saturated carbocycles. The largest absolute Gasteiger partial charge is 0.377 e. The lowest BCUT2D eigenvalue weighted by atomic mass is 10.2. The van der Waals surface area contributed by atoms with E-state index in [0.29, 0.717) is 23.4 Å². The monoisotopic (exact) mass is 335 g/mol. The van der Waals surface area contributed by atoms with E-state index in [1.54, 1.807) is 23.9 Å². The first kappa shape index (κ1) is 16.5. The summed E-state index contributed by atoms with van der Waals surface area (Å²) in [5.41, 5.74) is 0.504. The highest BCUT2D eigenvalue weighted by Gasteiger charge is 2.21. The third-order valence-corrected chi connectivity index (χ3v) is 4.90. The third kappa shape index (κ3) is 3.93. The van der Waals surface area contributed by atoms with Gasteiger partial charge in [0.1, 0.15) is 5.82 Å². The molecule has 4 nitrogen and oxygen atoms in total. The van der Waals surface area contributed by atoms with Crippen molar-refractivity contribution in [1.29, 1.82) is 0 Å². The van der Waals surface area contributed by atoms with Crippen LogP contribution in [0.25, 0.3) is 11.4 Å². The normalized spacial score (nSPS) is 18.0. The van der Waals surface area contributed by atoms with Crippen molar-refractivity contribution >= 4 is 11.8 Å². The molecule has 124 valence electrons. The summed E-state index contributed by atoms with van der Waals surface area (Å²) in [5, 5.41) is 9.40. The standard InChI is InChI=1S/C17H22FN3OS/c1-12(2)10-21-16(14-7-3-4-8-15(14)18)19-20-17(21)23-11-13-6-5-9-22-13/h3-4,7-8,12-13H,5-6,9-11H2,1-2H3. The van der Waals surface area contributed by atoms with Crippen LogP contribution in [-0.2, 0) is 11.3 Å². The van der Waals surface area contributed by atoms with E-state index in [-0.39, 0.29) is 5.82 Å². The fourth-order valence-electron chi connectivity index (χ4n) is 2.71. The maximum Gasteiger partial charge on any atom is 0.191 e. The van der Waals surface area contributed by atoms with Gasteiger partial charge in [-0.05, 0) is 30.9 Å². The average Bonchev–Trinajstić information content (AvgIpc) is 3.15. The van der Waals surface area contributed by atoms with Gasteiger partial charge in [-0.15, -0.1) is 10.2 Å². The van der Waals surface area contributed by atoms with Gasteiger partial charge in [0, 0.05) is 18.9 Å². The Balaban J connectivity index is 1.86. The molecule has 1 aliphatic heterocycles. The van der Waals surface area contributed by atoms with Gasteiger partial charge in [0.15, 0.2) is 11.0 Å². The van der Waals surface area contributed by atoms with Crippen LogP contribution in [0.15, 0.2) is 29.4 Å². The molecule has 1 aliphatic rings. The molecular weight excluding hydrogens is 313 g/mol. The predicted octanol–water partition coefficient (Wildman–Crippen LogP) is 4.01. The fourth-order valence-corrected chi connectivity index (χ4v) is 3.72. The first-order valence-corrected chi connectivity index (χ1v) is 9.06. The minimum Gasteiger partial charge on any atom is -0.377 e. The van der Waals surface area contributed by atoms with Crippen LogP contribution >= 0.6 is 11.8 Å². The predicted molar refractivity (Wildman–Crippen MR) is 90.0 cm³/mol. The summed E-state index contributed by atoms with van der Waals surface area (Å²) in [6.45, 7) is 5.90. The first-order valence-electron chi connectivity index (χ1n) is 8.07. The van der Waals surface area contributed by atoms with Crippen molar-refractivity contribution in [2.24, 2.45) is 5.92 Å². The van der Waals surface area contributed by atoms with Crippen molar-refractivity contribution in [3.05, 3.63) is 30.1 Å². The summed E-state index contributed by atoms with van der Waals surface area (Å²) >= 11 is 1.65. The van der Waals surface area contributed by atoms with E-state index in [0.717, 1.165) is 36.9 Å². The van der Waals surface area contributed by atoms with Gasteiger partial charge < -0.3 is 9.30 Å². The molecule has 1 unspecified atom stereocenters. The summed E-state index contributed by atoms with van der Waals surface area (Å²) in [7, 11) is 0. The van der Waals surface area contributed by atoms with Gasteiger partial charge in [-0.25, -0.2) is 4.39 Å².